The van der Waals surface area contributed by atoms with Gasteiger partial charge >= 0.3 is 177 Å². The van der Waals surface area contributed by atoms with Crippen LogP contribution in [0.4, 0.5) is 46.0 Å². The van der Waals surface area contributed by atoms with Crippen LogP contribution in [0.15, 0.2) is 124 Å². The minimum Gasteiger partial charge on any atom is -0.744 e. The molecule has 396 valence electrons. The van der Waals surface area contributed by atoms with Crippen LogP contribution in [-0.2, 0) is 63.9 Å². The molecule has 0 unspecified atom stereocenters. The summed E-state index contributed by atoms with van der Waals surface area (Å²) >= 11 is 6.34. The third kappa shape index (κ3) is 20.1. The molecule has 0 bridgehead atoms. The van der Waals surface area contributed by atoms with E-state index in [2.05, 4.69) is 61.5 Å². The second-order valence-electron chi connectivity index (χ2n) is 14.5. The zero-order chi connectivity index (χ0) is 54.8. The summed E-state index contributed by atoms with van der Waals surface area (Å²) in [5.74, 6) is -4.05. The van der Waals surface area contributed by atoms with Crippen molar-refractivity contribution in [1.82, 2.24) is 15.0 Å². The largest absolute Gasteiger partial charge is 1.00 e. The molecule has 0 saturated carbocycles. The quantitative estimate of drug-likeness (QED) is 0.00804. The van der Waals surface area contributed by atoms with Crippen molar-refractivity contribution in [2.24, 2.45) is 20.5 Å². The van der Waals surface area contributed by atoms with E-state index in [1.165, 1.54) is 24.3 Å². The van der Waals surface area contributed by atoms with Gasteiger partial charge in [0.25, 0.3) is 0 Å². The van der Waals surface area contributed by atoms with E-state index in [9.17, 15) is 75.8 Å². The van der Waals surface area contributed by atoms with E-state index < -0.39 is 144 Å². The summed E-state index contributed by atoms with van der Waals surface area (Å²) in [6, 6.07) is 14.6. The van der Waals surface area contributed by atoms with E-state index in [1.54, 1.807) is 0 Å². The standard InChI is InChI=1S/C38H29ClN9O21S6.6Na/c1-66-21-5-9-25(29(15-21)74(60,61)62)46-48-33-30(75(63,64)65)14-19-13-24(73(57,58)59)17-28(32(19)35(33)50)41-38-43-36(39)42-37(44-38)40-27-16-23(72(54,55)56)12-18-2-8-26(34(49)31(18)27)47-45-20-3-6-22(7-4-20)71(52,53)11-10-67-70-69-68-51;;;;;;/h2-7,9,12-17,49-51H,10-11H2,1H3,(H,54,55,56)(H,57,58,59)(H,60,61,62)(H,63,64,65)(H2,40,41,42,43,44);;;;;;/q-1;6*+1/p-5. The van der Waals surface area contributed by atoms with Crippen LogP contribution in [0.1, 0.15) is 0 Å². The second kappa shape index (κ2) is 32.4. The average molecular weight is 1310 g/mol. The molecule has 1 aromatic heterocycles. The molecule has 7 rings (SSSR count). The summed E-state index contributed by atoms with van der Waals surface area (Å²) in [4.78, 5) is 7.28. The first-order valence-electron chi connectivity index (χ1n) is 19.5. The van der Waals surface area contributed by atoms with Gasteiger partial charge in [0, 0.05) is 27.4 Å². The zero-order valence-corrected chi connectivity index (χ0v) is 60.2. The minimum absolute atomic E-state index is 0. The van der Waals surface area contributed by atoms with Crippen LogP contribution in [0.5, 0.6) is 17.2 Å². The maximum atomic E-state index is 12.7. The van der Waals surface area contributed by atoms with Crippen molar-refractivity contribution in [3.05, 3.63) is 90.2 Å². The van der Waals surface area contributed by atoms with Gasteiger partial charge in [-0.25, -0.2) is 42.1 Å². The maximum Gasteiger partial charge on any atom is 1.00 e. The van der Waals surface area contributed by atoms with Gasteiger partial charge in [0.15, 0.2) is 27.9 Å². The van der Waals surface area contributed by atoms with Crippen molar-refractivity contribution in [3.63, 3.8) is 0 Å². The fourth-order valence-electron chi connectivity index (χ4n) is 6.52. The number of aromatic nitrogens is 3. The molecule has 6 aromatic carbocycles. The van der Waals surface area contributed by atoms with Crippen LogP contribution in [-0.4, -0.2) is 105 Å². The molecule has 0 aliphatic carbocycles. The van der Waals surface area contributed by atoms with E-state index in [0.29, 0.717) is 18.2 Å². The second-order valence-corrected chi connectivity index (χ2v) is 22.9. The van der Waals surface area contributed by atoms with Crippen molar-refractivity contribution in [2.45, 2.75) is 24.5 Å². The molecule has 0 aliphatic rings. The molecule has 0 radical (unpaired) electrons. The van der Waals surface area contributed by atoms with Crippen LogP contribution >= 0.6 is 23.9 Å². The van der Waals surface area contributed by atoms with Crippen molar-refractivity contribution >= 4 is 142 Å². The third-order valence-corrected chi connectivity index (χ3v) is 15.3. The van der Waals surface area contributed by atoms with Gasteiger partial charge in [0.2, 0.25) is 17.2 Å². The predicted octanol–water partition coefficient (Wildman–Crippen LogP) is -13.4. The number of nitrogens with one attached hydrogen (secondary N) is 2. The van der Waals surface area contributed by atoms with Crippen LogP contribution in [0, 0.1) is 6.07 Å². The van der Waals surface area contributed by atoms with Gasteiger partial charge < -0.3 is 49.1 Å². The van der Waals surface area contributed by atoms with E-state index in [0.717, 1.165) is 43.5 Å². The van der Waals surface area contributed by atoms with E-state index in [-0.39, 0.29) is 223 Å². The number of sulfone groups is 1. The van der Waals surface area contributed by atoms with Crippen molar-refractivity contribution in [1.29, 1.82) is 0 Å². The summed E-state index contributed by atoms with van der Waals surface area (Å²) in [5, 5.41) is 53.6. The molecule has 0 amide bonds. The van der Waals surface area contributed by atoms with Gasteiger partial charge in [-0.15, -0.1) is 19.9 Å². The summed E-state index contributed by atoms with van der Waals surface area (Å²) in [6.07, 6.45) is 0. The molecule has 0 saturated heterocycles. The molecular weight excluding hydrogens is 1280 g/mol. The topological polar surface area (TPSA) is 476 Å². The number of methoxy groups -OCH3 is 1. The Hall–Kier alpha value is -0.880. The Morgan fingerprint density at radius 2 is 1.17 bits per heavy atom. The van der Waals surface area contributed by atoms with Crippen LogP contribution in [0.3, 0.4) is 0 Å². The van der Waals surface area contributed by atoms with Gasteiger partial charge in [-0.05, 0) is 83.7 Å². The zero-order valence-electron chi connectivity index (χ0n) is 42.5. The van der Waals surface area contributed by atoms with Crippen LogP contribution in [0.2, 0.25) is 5.28 Å². The third-order valence-electron chi connectivity index (χ3n) is 9.73. The predicted molar refractivity (Wildman–Crippen MR) is 249 cm³/mol. The molecule has 30 nitrogen and oxygen atoms in total. The molecular formula is C38H24ClN9Na6O21S6. The number of aromatic hydroxyl groups is 2. The number of phenolic OH excluding ortho intramolecular Hbond substituents is 2. The number of hydrogen-bond donors (Lipinski definition) is 4. The Morgan fingerprint density at radius 1 is 0.630 bits per heavy atom. The number of fused-ring (bicyclic) bond motifs is 2. The van der Waals surface area contributed by atoms with Crippen LogP contribution < -0.4 is 198 Å². The molecule has 4 N–H and O–H groups in total. The normalized spacial score (nSPS) is 11.8. The maximum absolute atomic E-state index is 12.7. The summed E-state index contributed by atoms with van der Waals surface area (Å²) in [7, 11) is -24.5. The summed E-state index contributed by atoms with van der Waals surface area (Å²) in [5.41, 5.74) is -3.38. The number of halogens is 1. The summed E-state index contributed by atoms with van der Waals surface area (Å²) in [6.45, 7) is -0.387. The number of anilines is 4. The van der Waals surface area contributed by atoms with Gasteiger partial charge in [-0.3, -0.25) is 9.22 Å². The fraction of sp³-hybridized carbons (Fsp3) is 0.0789. The number of hydrogen-bond acceptors (Lipinski definition) is 31. The van der Waals surface area contributed by atoms with Crippen molar-refractivity contribution in [3.8, 4) is 17.2 Å². The van der Waals surface area contributed by atoms with E-state index in [1.807, 2.05) is 0 Å². The Labute approximate surface area is 601 Å². The molecule has 0 spiro atoms. The van der Waals surface area contributed by atoms with Crippen molar-refractivity contribution in [2.75, 3.05) is 30.1 Å². The fourth-order valence-corrected chi connectivity index (χ4v) is 10.4. The Balaban J connectivity index is 0.00000547. The van der Waals surface area contributed by atoms with Gasteiger partial charge in [-0.2, -0.15) is 37.3 Å². The Bertz CT molecular complexity index is 4120. The van der Waals surface area contributed by atoms with E-state index >= 15 is 0 Å². The number of nitrogens with zero attached hydrogens (tertiary/aromatic N) is 7. The molecule has 0 atom stereocenters. The van der Waals surface area contributed by atoms with Gasteiger partial charge in [0.1, 0.15) is 57.6 Å². The van der Waals surface area contributed by atoms with Gasteiger partial charge in [-0.1, -0.05) is 11.5 Å². The minimum atomic E-state index is -5.71. The summed E-state index contributed by atoms with van der Waals surface area (Å²) < 4.78 is 187. The molecule has 81 heavy (non-hydrogen) atoms. The van der Waals surface area contributed by atoms with Crippen LogP contribution in [0.25, 0.3) is 21.5 Å². The number of azo groups is 2. The number of benzene rings is 6. The number of rotatable bonds is 20. The molecule has 7 aromatic rings. The first-order valence-corrected chi connectivity index (χ1v) is 27.8. The average Bonchev–Trinajstić information content (AvgIpc) is 3.31. The Morgan fingerprint density at radius 3 is 1.69 bits per heavy atom. The first kappa shape index (κ1) is 78.1. The molecule has 0 fully saturated rings. The molecule has 0 aliphatic heterocycles. The SMILES string of the molecule is COc1ccc(N=Nc2c(S(=O)(=O)[O-])cc3cc(S(=O)(=O)[O-])cc(Nc4nc(Cl)nc(Nc5cc(S(=O)(=O)[O-])cc6c[c-]c(N=Nc7ccc(S(=O)(=O)CCOSOO[O-])cc7)c(O)c56)n4)c3c2O)c(S(=O)(=O)[O-])c1.[Na+].[Na+].[Na+].[Na+].[Na+].[Na+]. The first-order chi connectivity index (χ1) is 35.1. The smallest absolute Gasteiger partial charge is 0.744 e. The number of phenols is 2. The molecule has 1 heterocycles. The van der Waals surface area contributed by atoms with Crippen molar-refractivity contribution < 1.29 is 271 Å². The van der Waals surface area contributed by atoms with Gasteiger partial charge in [0.05, 0.1) is 50.4 Å². The number of ether oxygens (including phenoxy) is 1. The Kier molecular flexibility index (Phi) is 31.2. The molecule has 43 heteroatoms. The van der Waals surface area contributed by atoms with E-state index in [4.69, 9.17) is 20.5 Å². The monoisotopic (exact) mass is 1310 g/mol.